The molecule has 0 radical (unpaired) electrons. The molecule has 2 rings (SSSR count). The van der Waals surface area contributed by atoms with Gasteiger partial charge >= 0.3 is 0 Å². The summed E-state index contributed by atoms with van der Waals surface area (Å²) >= 11 is 1.64. The van der Waals surface area contributed by atoms with Crippen LogP contribution in [0.1, 0.15) is 12.7 Å². The molecule has 2 aromatic heterocycles. The van der Waals surface area contributed by atoms with E-state index in [1.54, 1.807) is 18.0 Å². The van der Waals surface area contributed by atoms with Gasteiger partial charge in [0.05, 0.1) is 18.4 Å². The number of hydrogen-bond donors (Lipinski definition) is 0. The number of furan rings is 1. The number of aryl methyl sites for hydroxylation is 1. The van der Waals surface area contributed by atoms with Crippen LogP contribution in [-0.2, 0) is 11.3 Å². The monoisotopic (exact) mass is 293 g/mol. The Morgan fingerprint density at radius 3 is 3.00 bits per heavy atom. The van der Waals surface area contributed by atoms with Gasteiger partial charge in [-0.15, -0.1) is 16.8 Å². The van der Waals surface area contributed by atoms with E-state index >= 15 is 0 Å². The fraction of sp³-hybridized carbons (Fsp3) is 0.429. The lowest BCUT2D eigenvalue weighted by Gasteiger charge is -2.07. The number of ether oxygens (including phenoxy) is 1. The lowest BCUT2D eigenvalue weighted by molar-refractivity contribution is 0.164. The highest BCUT2D eigenvalue weighted by Gasteiger charge is 2.16. The Hall–Kier alpha value is -1.53. The van der Waals surface area contributed by atoms with Crippen LogP contribution in [-0.4, -0.2) is 33.7 Å². The van der Waals surface area contributed by atoms with Crippen LogP contribution in [0.25, 0.3) is 11.4 Å². The van der Waals surface area contributed by atoms with Crippen LogP contribution in [0, 0.1) is 6.92 Å². The molecule has 0 amide bonds. The molecule has 0 saturated carbocycles. The lowest BCUT2D eigenvalue weighted by atomic mass is 10.2. The Labute approximate surface area is 123 Å². The molecule has 0 fully saturated rings. The van der Waals surface area contributed by atoms with Crippen molar-refractivity contribution in [3.63, 3.8) is 0 Å². The molecule has 0 aliphatic rings. The maximum absolute atomic E-state index is 5.34. The average Bonchev–Trinajstić information content (AvgIpc) is 3.02. The normalized spacial score (nSPS) is 10.9. The van der Waals surface area contributed by atoms with Gasteiger partial charge in [-0.3, -0.25) is 4.57 Å². The van der Waals surface area contributed by atoms with Crippen LogP contribution in [0.3, 0.4) is 0 Å². The maximum atomic E-state index is 5.34. The molecule has 6 heteroatoms. The maximum Gasteiger partial charge on any atom is 0.191 e. The minimum Gasteiger partial charge on any atom is -0.469 e. The van der Waals surface area contributed by atoms with Gasteiger partial charge in [0.25, 0.3) is 0 Å². The van der Waals surface area contributed by atoms with Crippen molar-refractivity contribution < 1.29 is 9.15 Å². The van der Waals surface area contributed by atoms with Crippen molar-refractivity contribution in [3.05, 3.63) is 30.7 Å². The van der Waals surface area contributed by atoms with Crippen molar-refractivity contribution in [1.29, 1.82) is 0 Å². The van der Waals surface area contributed by atoms with E-state index in [1.165, 1.54) is 0 Å². The molecule has 2 aromatic rings. The molecular formula is C14H19N3O2S. The van der Waals surface area contributed by atoms with Crippen LogP contribution < -0.4 is 0 Å². The second kappa shape index (κ2) is 7.31. The van der Waals surface area contributed by atoms with E-state index in [0.29, 0.717) is 13.2 Å². The van der Waals surface area contributed by atoms with Gasteiger partial charge in [-0.05, 0) is 19.9 Å². The molecule has 0 aliphatic heterocycles. The van der Waals surface area contributed by atoms with Gasteiger partial charge in [0.2, 0.25) is 0 Å². The van der Waals surface area contributed by atoms with Crippen molar-refractivity contribution in [1.82, 2.24) is 14.8 Å². The van der Waals surface area contributed by atoms with E-state index in [4.69, 9.17) is 9.15 Å². The van der Waals surface area contributed by atoms with Crippen LogP contribution in [0.15, 0.2) is 34.6 Å². The van der Waals surface area contributed by atoms with Gasteiger partial charge in [0.15, 0.2) is 11.0 Å². The molecule has 0 bridgehead atoms. The van der Waals surface area contributed by atoms with Gasteiger partial charge in [0.1, 0.15) is 5.76 Å². The Balaban J connectivity index is 2.19. The van der Waals surface area contributed by atoms with Crippen molar-refractivity contribution in [2.75, 3.05) is 19.0 Å². The van der Waals surface area contributed by atoms with E-state index in [1.807, 2.05) is 30.6 Å². The van der Waals surface area contributed by atoms with Gasteiger partial charge in [-0.2, -0.15) is 0 Å². The first-order valence-corrected chi connectivity index (χ1v) is 7.55. The third-order valence-corrected chi connectivity index (χ3v) is 3.72. The zero-order valence-electron chi connectivity index (χ0n) is 11.8. The predicted octanol–water partition coefficient (Wildman–Crippen LogP) is 3.16. The topological polar surface area (TPSA) is 53.1 Å². The second-order valence-electron chi connectivity index (χ2n) is 4.14. The molecule has 108 valence electrons. The first-order valence-electron chi connectivity index (χ1n) is 6.57. The zero-order chi connectivity index (χ0) is 14.4. The highest BCUT2D eigenvalue weighted by atomic mass is 32.2. The highest BCUT2D eigenvalue weighted by molar-refractivity contribution is 7.99. The van der Waals surface area contributed by atoms with E-state index in [0.717, 1.165) is 34.7 Å². The molecule has 0 saturated heterocycles. The lowest BCUT2D eigenvalue weighted by Crippen LogP contribution is -2.02. The summed E-state index contributed by atoms with van der Waals surface area (Å²) in [5.74, 6) is 2.51. The number of nitrogens with zero attached hydrogens (tertiary/aromatic N) is 3. The molecule has 20 heavy (non-hydrogen) atoms. The zero-order valence-corrected chi connectivity index (χ0v) is 12.7. The molecule has 0 aliphatic carbocycles. The number of thioether (sulfide) groups is 1. The summed E-state index contributed by atoms with van der Waals surface area (Å²) in [7, 11) is 0. The molecular weight excluding hydrogens is 274 g/mol. The molecule has 0 spiro atoms. The van der Waals surface area contributed by atoms with E-state index in [2.05, 4.69) is 16.8 Å². The predicted molar refractivity (Wildman–Crippen MR) is 79.9 cm³/mol. The number of rotatable bonds is 8. The fourth-order valence-electron chi connectivity index (χ4n) is 1.84. The molecule has 5 nitrogen and oxygen atoms in total. The van der Waals surface area contributed by atoms with Crippen molar-refractivity contribution >= 4 is 11.8 Å². The van der Waals surface area contributed by atoms with Crippen molar-refractivity contribution in [2.24, 2.45) is 0 Å². The van der Waals surface area contributed by atoms with Gasteiger partial charge < -0.3 is 9.15 Å². The summed E-state index contributed by atoms with van der Waals surface area (Å²) in [6.45, 7) is 9.83. The number of hydrogen-bond acceptors (Lipinski definition) is 5. The van der Waals surface area contributed by atoms with E-state index in [-0.39, 0.29) is 0 Å². The third kappa shape index (κ3) is 3.32. The number of aromatic nitrogens is 3. The molecule has 0 aromatic carbocycles. The average molecular weight is 293 g/mol. The molecule has 0 unspecified atom stereocenters. The third-order valence-electron chi connectivity index (χ3n) is 2.79. The molecule has 0 N–H and O–H groups in total. The largest absolute Gasteiger partial charge is 0.469 e. The summed E-state index contributed by atoms with van der Waals surface area (Å²) in [5.41, 5.74) is 0.969. The Kier molecular flexibility index (Phi) is 5.43. The van der Waals surface area contributed by atoms with Crippen molar-refractivity contribution in [2.45, 2.75) is 25.5 Å². The minimum absolute atomic E-state index is 0.671. The molecule has 2 heterocycles. The standard InChI is InChI=1S/C14H19N3O2S/c1-4-7-17-13(12-6-8-19-11(12)3)15-16-14(17)20-10-9-18-5-2/h4,6,8H,1,5,7,9-10H2,2-3H3. The van der Waals surface area contributed by atoms with Gasteiger partial charge in [-0.1, -0.05) is 17.8 Å². The number of allylic oxidation sites excluding steroid dienone is 1. The SMILES string of the molecule is C=CCn1c(SCCOCC)nnc1-c1ccoc1C. The second-order valence-corrected chi connectivity index (χ2v) is 5.20. The first-order chi connectivity index (χ1) is 9.77. The first kappa shape index (κ1) is 14.9. The molecule has 0 atom stereocenters. The van der Waals surface area contributed by atoms with E-state index < -0.39 is 0 Å². The Bertz CT molecular complexity index is 563. The Morgan fingerprint density at radius 1 is 1.50 bits per heavy atom. The van der Waals surface area contributed by atoms with Crippen molar-refractivity contribution in [3.8, 4) is 11.4 Å². The fourth-order valence-corrected chi connectivity index (χ4v) is 2.64. The van der Waals surface area contributed by atoms with Crippen LogP contribution >= 0.6 is 11.8 Å². The smallest absolute Gasteiger partial charge is 0.191 e. The summed E-state index contributed by atoms with van der Waals surface area (Å²) in [6.07, 6.45) is 3.51. The summed E-state index contributed by atoms with van der Waals surface area (Å²) in [6, 6.07) is 1.91. The minimum atomic E-state index is 0.671. The van der Waals surface area contributed by atoms with Crippen LogP contribution in [0.2, 0.25) is 0 Å². The quantitative estimate of drug-likeness (QED) is 0.425. The van der Waals surface area contributed by atoms with E-state index in [9.17, 15) is 0 Å². The summed E-state index contributed by atoms with van der Waals surface area (Å²) in [5, 5.41) is 9.42. The Morgan fingerprint density at radius 2 is 2.35 bits per heavy atom. The van der Waals surface area contributed by atoms with Crippen LogP contribution in [0.5, 0.6) is 0 Å². The van der Waals surface area contributed by atoms with Gasteiger partial charge in [-0.25, -0.2) is 0 Å². The summed E-state index contributed by atoms with van der Waals surface area (Å²) in [4.78, 5) is 0. The highest BCUT2D eigenvalue weighted by Crippen LogP contribution is 2.26. The summed E-state index contributed by atoms with van der Waals surface area (Å²) < 4.78 is 12.7. The van der Waals surface area contributed by atoms with Gasteiger partial charge in [0, 0.05) is 18.9 Å². The van der Waals surface area contributed by atoms with Crippen LogP contribution in [0.4, 0.5) is 0 Å².